The minimum atomic E-state index is -1.08. The zero-order chi connectivity index (χ0) is 15.1. The molecule has 0 spiro atoms. The molecule has 2 aromatic rings. The summed E-state index contributed by atoms with van der Waals surface area (Å²) >= 11 is 0. The Hall–Kier alpha value is -2.37. The van der Waals surface area contributed by atoms with Crippen molar-refractivity contribution in [1.29, 1.82) is 0 Å². The van der Waals surface area contributed by atoms with Crippen molar-refractivity contribution in [2.45, 2.75) is 27.3 Å². The summed E-state index contributed by atoms with van der Waals surface area (Å²) in [6, 6.07) is 4.30. The molecule has 0 saturated heterocycles. The lowest BCUT2D eigenvalue weighted by Crippen LogP contribution is -2.38. The molecule has 20 heavy (non-hydrogen) atoms. The van der Waals surface area contributed by atoms with Crippen molar-refractivity contribution in [2.24, 2.45) is 5.41 Å². The predicted molar refractivity (Wildman–Crippen MR) is 75.2 cm³/mol. The summed E-state index contributed by atoms with van der Waals surface area (Å²) in [5.41, 5.74) is -0.649. The van der Waals surface area contributed by atoms with E-state index in [9.17, 15) is 14.4 Å². The molecule has 2 rings (SSSR count). The first-order chi connectivity index (χ1) is 9.19. The molecule has 0 aliphatic carbocycles. The molecule has 6 nitrogen and oxygen atoms in total. The Labute approximate surface area is 114 Å². The Morgan fingerprint density at radius 3 is 2.50 bits per heavy atom. The van der Waals surface area contributed by atoms with E-state index in [2.05, 4.69) is 4.98 Å². The predicted octanol–water partition coefficient (Wildman–Crippen LogP) is 1.43. The maximum atomic E-state index is 12.0. The lowest BCUT2D eigenvalue weighted by atomic mass is 9.96. The Balaban J connectivity index is 2.83. The van der Waals surface area contributed by atoms with Gasteiger partial charge in [-0.05, 0) is 23.6 Å². The van der Waals surface area contributed by atoms with Crippen LogP contribution in [0.25, 0.3) is 11.0 Å². The average molecular weight is 276 g/mol. The number of aromatic carboxylic acids is 1. The number of rotatable bonds is 2. The van der Waals surface area contributed by atoms with Gasteiger partial charge in [-0.3, -0.25) is 9.59 Å². The number of fused-ring (bicyclic) bond motifs is 1. The number of hydrogen-bond acceptors (Lipinski definition) is 3. The van der Waals surface area contributed by atoms with E-state index in [-0.39, 0.29) is 11.0 Å². The second-order valence-corrected chi connectivity index (χ2v) is 5.94. The molecule has 0 saturated carbocycles. The van der Waals surface area contributed by atoms with Gasteiger partial charge in [-0.1, -0.05) is 20.8 Å². The number of nitrogens with zero attached hydrogens (tertiary/aromatic N) is 1. The van der Waals surface area contributed by atoms with Crippen LogP contribution in [0.2, 0.25) is 0 Å². The second-order valence-electron chi connectivity index (χ2n) is 5.94. The molecule has 1 aromatic carbocycles. The third kappa shape index (κ3) is 2.64. The number of aromatic amines is 1. The normalized spacial score (nSPS) is 11.8. The van der Waals surface area contributed by atoms with Gasteiger partial charge in [-0.2, -0.15) is 0 Å². The molecule has 0 atom stereocenters. The van der Waals surface area contributed by atoms with Crippen LogP contribution in [0.5, 0.6) is 0 Å². The zero-order valence-electron chi connectivity index (χ0n) is 11.6. The van der Waals surface area contributed by atoms with Crippen LogP contribution in [-0.4, -0.2) is 20.6 Å². The summed E-state index contributed by atoms with van der Waals surface area (Å²) in [4.78, 5) is 37.2. The fourth-order valence-electron chi connectivity index (χ4n) is 2.03. The minimum Gasteiger partial charge on any atom is -0.478 e. The highest BCUT2D eigenvalue weighted by Crippen LogP contribution is 2.19. The first kappa shape index (κ1) is 14.0. The van der Waals surface area contributed by atoms with Crippen LogP contribution < -0.4 is 11.1 Å². The monoisotopic (exact) mass is 276 g/mol. The van der Waals surface area contributed by atoms with Gasteiger partial charge in [0.2, 0.25) is 0 Å². The highest BCUT2D eigenvalue weighted by molar-refractivity contribution is 5.92. The van der Waals surface area contributed by atoms with E-state index in [1.165, 1.54) is 22.8 Å². The molecule has 0 radical (unpaired) electrons. The molecule has 1 aromatic heterocycles. The molecule has 0 unspecified atom stereocenters. The third-order valence-electron chi connectivity index (χ3n) is 2.86. The molecule has 0 amide bonds. The largest absolute Gasteiger partial charge is 0.478 e. The number of carboxylic acids is 1. The van der Waals surface area contributed by atoms with Gasteiger partial charge in [0.25, 0.3) is 0 Å². The van der Waals surface area contributed by atoms with Crippen LogP contribution in [0.1, 0.15) is 31.1 Å². The van der Waals surface area contributed by atoms with Crippen molar-refractivity contribution in [1.82, 2.24) is 9.55 Å². The molecule has 6 heteroatoms. The number of nitrogens with one attached hydrogen (secondary N) is 1. The maximum Gasteiger partial charge on any atom is 0.335 e. The van der Waals surface area contributed by atoms with Crippen LogP contribution >= 0.6 is 0 Å². The van der Waals surface area contributed by atoms with E-state index in [1.807, 2.05) is 20.8 Å². The van der Waals surface area contributed by atoms with E-state index in [0.29, 0.717) is 17.6 Å². The standard InChI is InChI=1S/C14H16N2O4/c1-14(2,3)7-16-10-6-8(13(19)20)4-5-9(10)15-11(17)12(16)18/h4-6H,7H2,1-3H3,(H,15,17)(H,19,20). The van der Waals surface area contributed by atoms with Gasteiger partial charge in [0, 0.05) is 6.54 Å². The summed E-state index contributed by atoms with van der Waals surface area (Å²) in [6.07, 6.45) is 0. The average Bonchev–Trinajstić information content (AvgIpc) is 2.33. The van der Waals surface area contributed by atoms with E-state index < -0.39 is 17.1 Å². The van der Waals surface area contributed by atoms with Gasteiger partial charge in [-0.15, -0.1) is 0 Å². The first-order valence-electron chi connectivity index (χ1n) is 6.19. The lowest BCUT2D eigenvalue weighted by molar-refractivity contribution is 0.0697. The summed E-state index contributed by atoms with van der Waals surface area (Å²) < 4.78 is 1.33. The van der Waals surface area contributed by atoms with E-state index in [4.69, 9.17) is 5.11 Å². The fourth-order valence-corrected chi connectivity index (χ4v) is 2.03. The third-order valence-corrected chi connectivity index (χ3v) is 2.86. The molecule has 0 aliphatic heterocycles. The molecule has 1 heterocycles. The van der Waals surface area contributed by atoms with Crippen LogP contribution in [-0.2, 0) is 6.54 Å². The maximum absolute atomic E-state index is 12.0. The highest BCUT2D eigenvalue weighted by atomic mass is 16.4. The molecular weight excluding hydrogens is 260 g/mol. The topological polar surface area (TPSA) is 92.2 Å². The molecule has 2 N–H and O–H groups in total. The van der Waals surface area contributed by atoms with E-state index >= 15 is 0 Å². The summed E-state index contributed by atoms with van der Waals surface area (Å²) in [5.74, 6) is -1.08. The second kappa shape index (κ2) is 4.63. The molecule has 0 fully saturated rings. The van der Waals surface area contributed by atoms with Gasteiger partial charge in [-0.25, -0.2) is 4.79 Å². The van der Waals surface area contributed by atoms with Crippen LogP contribution in [0, 0.1) is 5.41 Å². The number of benzene rings is 1. The molecule has 0 aliphatic rings. The van der Waals surface area contributed by atoms with Gasteiger partial charge in [0.1, 0.15) is 0 Å². The summed E-state index contributed by atoms with van der Waals surface area (Å²) in [5, 5.41) is 9.03. The molecular formula is C14H16N2O4. The zero-order valence-corrected chi connectivity index (χ0v) is 11.6. The van der Waals surface area contributed by atoms with Crippen molar-refractivity contribution in [3.63, 3.8) is 0 Å². The smallest absolute Gasteiger partial charge is 0.335 e. The Bertz CT molecular complexity index is 793. The van der Waals surface area contributed by atoms with Crippen molar-refractivity contribution in [3.05, 3.63) is 44.5 Å². The van der Waals surface area contributed by atoms with Gasteiger partial charge in [0.05, 0.1) is 16.6 Å². The minimum absolute atomic E-state index is 0.0756. The van der Waals surface area contributed by atoms with Gasteiger partial charge < -0.3 is 14.7 Å². The van der Waals surface area contributed by atoms with Crippen molar-refractivity contribution >= 4 is 17.0 Å². The van der Waals surface area contributed by atoms with E-state index in [1.54, 1.807) is 0 Å². The van der Waals surface area contributed by atoms with E-state index in [0.717, 1.165) is 0 Å². The Kier molecular flexibility index (Phi) is 3.25. The molecule has 106 valence electrons. The Morgan fingerprint density at radius 2 is 1.95 bits per heavy atom. The SMILES string of the molecule is CC(C)(C)Cn1c(=O)c(=O)[nH]c2ccc(C(=O)O)cc21. The molecule has 0 bridgehead atoms. The lowest BCUT2D eigenvalue weighted by Gasteiger charge is -2.21. The number of aromatic nitrogens is 2. The van der Waals surface area contributed by atoms with Crippen LogP contribution in [0.4, 0.5) is 0 Å². The summed E-state index contributed by atoms with van der Waals surface area (Å²) in [6.45, 7) is 6.14. The number of carbonyl (C=O) groups is 1. The van der Waals surface area contributed by atoms with Crippen LogP contribution in [0.3, 0.4) is 0 Å². The van der Waals surface area contributed by atoms with Crippen molar-refractivity contribution in [3.8, 4) is 0 Å². The number of H-pyrrole nitrogens is 1. The van der Waals surface area contributed by atoms with Crippen LogP contribution in [0.15, 0.2) is 27.8 Å². The quantitative estimate of drug-likeness (QED) is 0.812. The van der Waals surface area contributed by atoms with Crippen molar-refractivity contribution < 1.29 is 9.90 Å². The Morgan fingerprint density at radius 1 is 1.30 bits per heavy atom. The number of hydrogen-bond donors (Lipinski definition) is 2. The fraction of sp³-hybridized carbons (Fsp3) is 0.357. The van der Waals surface area contributed by atoms with Gasteiger partial charge in [0.15, 0.2) is 0 Å². The number of carboxylic acid groups (broad SMARTS) is 1. The summed E-state index contributed by atoms with van der Waals surface area (Å²) in [7, 11) is 0. The highest BCUT2D eigenvalue weighted by Gasteiger charge is 2.17. The van der Waals surface area contributed by atoms with Gasteiger partial charge >= 0.3 is 17.1 Å². The van der Waals surface area contributed by atoms with Crippen molar-refractivity contribution in [2.75, 3.05) is 0 Å². The first-order valence-corrected chi connectivity index (χ1v) is 6.19.